The lowest BCUT2D eigenvalue weighted by molar-refractivity contribution is -0.126. The van der Waals surface area contributed by atoms with E-state index in [1.807, 2.05) is 0 Å². The number of nitrogens with one attached hydrogen (secondary N) is 1. The van der Waals surface area contributed by atoms with Crippen molar-refractivity contribution in [3.8, 4) is 0 Å². The van der Waals surface area contributed by atoms with Gasteiger partial charge in [0.05, 0.1) is 6.54 Å². The van der Waals surface area contributed by atoms with Crippen LogP contribution in [0.4, 0.5) is 13.2 Å². The molecule has 0 aromatic rings. The van der Waals surface area contributed by atoms with Crippen molar-refractivity contribution in [2.24, 2.45) is 11.8 Å². The van der Waals surface area contributed by atoms with Gasteiger partial charge in [0.25, 0.3) is 0 Å². The maximum atomic E-state index is 12.4. The fraction of sp³-hybridized carbons (Fsp3) is 1.00. The lowest BCUT2D eigenvalue weighted by Gasteiger charge is -2.35. The van der Waals surface area contributed by atoms with Crippen molar-refractivity contribution in [1.29, 1.82) is 0 Å². The summed E-state index contributed by atoms with van der Waals surface area (Å²) in [6.45, 7) is 3.67. The van der Waals surface area contributed by atoms with Gasteiger partial charge >= 0.3 is 6.18 Å². The topological polar surface area (TPSA) is 12.0 Å². The van der Waals surface area contributed by atoms with E-state index in [0.29, 0.717) is 0 Å². The van der Waals surface area contributed by atoms with E-state index in [1.54, 1.807) is 0 Å². The summed E-state index contributed by atoms with van der Waals surface area (Å²) in [7, 11) is 0. The second-order valence-electron chi connectivity index (χ2n) is 8.42. The smallest absolute Gasteiger partial charge is 0.306 e. The summed E-state index contributed by atoms with van der Waals surface area (Å²) >= 11 is 0. The van der Waals surface area contributed by atoms with Crippen molar-refractivity contribution in [1.82, 2.24) is 5.32 Å². The molecule has 0 aromatic heterocycles. The van der Waals surface area contributed by atoms with Crippen molar-refractivity contribution in [3.05, 3.63) is 0 Å². The minimum Gasteiger partial charge on any atom is -0.306 e. The van der Waals surface area contributed by atoms with Gasteiger partial charge in [0.15, 0.2) is 0 Å². The molecule has 1 saturated carbocycles. The van der Waals surface area contributed by atoms with Crippen LogP contribution in [-0.4, -0.2) is 18.8 Å². The molecule has 1 atom stereocenters. The Hall–Kier alpha value is -0.250. The van der Waals surface area contributed by atoms with E-state index in [0.717, 1.165) is 37.5 Å². The molecule has 0 saturated heterocycles. The van der Waals surface area contributed by atoms with E-state index >= 15 is 0 Å². The number of alkyl halides is 3. The van der Waals surface area contributed by atoms with Crippen LogP contribution in [0.5, 0.6) is 0 Å². The van der Waals surface area contributed by atoms with Crippen molar-refractivity contribution >= 4 is 0 Å². The molecule has 0 heterocycles. The molecule has 0 bridgehead atoms. The largest absolute Gasteiger partial charge is 0.401 e. The van der Waals surface area contributed by atoms with Crippen LogP contribution in [0.15, 0.2) is 0 Å². The van der Waals surface area contributed by atoms with Gasteiger partial charge in [-0.1, -0.05) is 84.5 Å². The number of halogens is 3. The van der Waals surface area contributed by atoms with Gasteiger partial charge in [0.1, 0.15) is 0 Å². The SMILES string of the molecule is CCCCCCCC(CCCCCC)[C@H]1CC[C@H](NCC(F)(F)F)CC1. The Morgan fingerprint density at radius 2 is 1.27 bits per heavy atom. The molecule has 0 amide bonds. The fourth-order valence-electron chi connectivity index (χ4n) is 4.51. The lowest BCUT2D eigenvalue weighted by Crippen LogP contribution is -2.40. The monoisotopic (exact) mass is 377 g/mol. The molecule has 4 heteroatoms. The minimum absolute atomic E-state index is 0.0678. The predicted octanol–water partition coefficient (Wildman–Crippen LogP) is 7.64. The molecule has 1 aliphatic carbocycles. The van der Waals surface area contributed by atoms with E-state index in [-0.39, 0.29) is 6.04 Å². The van der Waals surface area contributed by atoms with Gasteiger partial charge in [-0.3, -0.25) is 0 Å². The van der Waals surface area contributed by atoms with Crippen LogP contribution in [0.25, 0.3) is 0 Å². The third kappa shape index (κ3) is 11.5. The maximum absolute atomic E-state index is 12.4. The molecule has 0 aliphatic heterocycles. The third-order valence-electron chi connectivity index (χ3n) is 6.14. The summed E-state index contributed by atoms with van der Waals surface area (Å²) in [6.07, 6.45) is 14.6. The van der Waals surface area contributed by atoms with E-state index in [4.69, 9.17) is 0 Å². The normalized spacial score (nSPS) is 22.5. The van der Waals surface area contributed by atoms with Gasteiger partial charge in [0.2, 0.25) is 0 Å². The molecule has 1 nitrogen and oxygen atoms in total. The molecular weight excluding hydrogens is 335 g/mol. The zero-order valence-corrected chi connectivity index (χ0v) is 17.2. The van der Waals surface area contributed by atoms with Crippen molar-refractivity contribution in [2.75, 3.05) is 6.54 Å². The standard InChI is InChI=1S/C22H42F3N/c1-3-5-7-9-11-13-19(12-10-8-6-4-2)20-14-16-21(17-15-20)26-18-22(23,24)25/h19-21,26H,3-18H2,1-2H3/t19?,20-,21-. The van der Waals surface area contributed by atoms with E-state index in [1.165, 1.54) is 70.6 Å². The Morgan fingerprint density at radius 3 is 1.77 bits per heavy atom. The zero-order chi connectivity index (χ0) is 19.3. The van der Waals surface area contributed by atoms with Gasteiger partial charge in [-0.2, -0.15) is 13.2 Å². The summed E-state index contributed by atoms with van der Waals surface area (Å²) in [4.78, 5) is 0. The summed E-state index contributed by atoms with van der Waals surface area (Å²) in [5.74, 6) is 1.55. The fourth-order valence-corrected chi connectivity index (χ4v) is 4.51. The van der Waals surface area contributed by atoms with Crippen LogP contribution in [0, 0.1) is 11.8 Å². The summed E-state index contributed by atoms with van der Waals surface area (Å²) < 4.78 is 37.1. The van der Waals surface area contributed by atoms with Gasteiger partial charge in [-0.05, 0) is 37.5 Å². The van der Waals surface area contributed by atoms with Crippen LogP contribution in [0.3, 0.4) is 0 Å². The molecule has 0 aromatic carbocycles. The van der Waals surface area contributed by atoms with E-state index in [2.05, 4.69) is 19.2 Å². The first kappa shape index (κ1) is 23.8. The third-order valence-corrected chi connectivity index (χ3v) is 6.14. The summed E-state index contributed by atoms with van der Waals surface area (Å²) in [5, 5.41) is 2.72. The molecule has 26 heavy (non-hydrogen) atoms. The maximum Gasteiger partial charge on any atom is 0.401 e. The Labute approximate surface area is 159 Å². The average Bonchev–Trinajstić information content (AvgIpc) is 2.61. The average molecular weight is 378 g/mol. The molecule has 1 rings (SSSR count). The van der Waals surface area contributed by atoms with Crippen molar-refractivity contribution in [2.45, 2.75) is 122 Å². The van der Waals surface area contributed by atoms with Crippen LogP contribution >= 0.6 is 0 Å². The number of rotatable bonds is 14. The van der Waals surface area contributed by atoms with Crippen molar-refractivity contribution in [3.63, 3.8) is 0 Å². The summed E-state index contributed by atoms with van der Waals surface area (Å²) in [6, 6.07) is 0.0678. The summed E-state index contributed by atoms with van der Waals surface area (Å²) in [5.41, 5.74) is 0. The Morgan fingerprint density at radius 1 is 0.769 bits per heavy atom. The number of hydrogen-bond acceptors (Lipinski definition) is 1. The second kappa shape index (κ2) is 13.8. The minimum atomic E-state index is -4.09. The van der Waals surface area contributed by atoms with Crippen molar-refractivity contribution < 1.29 is 13.2 Å². The molecule has 1 N–H and O–H groups in total. The van der Waals surface area contributed by atoms with Gasteiger partial charge in [0, 0.05) is 6.04 Å². The lowest BCUT2D eigenvalue weighted by atomic mass is 9.74. The number of hydrogen-bond donors (Lipinski definition) is 1. The van der Waals surface area contributed by atoms with Crippen LogP contribution in [0.2, 0.25) is 0 Å². The first-order valence-electron chi connectivity index (χ1n) is 11.3. The van der Waals surface area contributed by atoms with E-state index in [9.17, 15) is 13.2 Å². The van der Waals surface area contributed by atoms with Gasteiger partial charge in [-0.25, -0.2) is 0 Å². The molecule has 1 unspecified atom stereocenters. The quantitative estimate of drug-likeness (QED) is 0.307. The molecule has 1 aliphatic rings. The zero-order valence-electron chi connectivity index (χ0n) is 17.2. The number of unbranched alkanes of at least 4 members (excludes halogenated alkanes) is 7. The van der Waals surface area contributed by atoms with E-state index < -0.39 is 12.7 Å². The highest BCUT2D eigenvalue weighted by Crippen LogP contribution is 2.36. The predicted molar refractivity (Wildman–Crippen MR) is 105 cm³/mol. The molecule has 156 valence electrons. The molecule has 1 fully saturated rings. The molecular formula is C22H42F3N. The Kier molecular flexibility index (Phi) is 12.7. The first-order chi connectivity index (χ1) is 12.5. The van der Waals surface area contributed by atoms with Crippen LogP contribution in [0.1, 0.15) is 110 Å². The molecule has 0 spiro atoms. The first-order valence-corrected chi connectivity index (χ1v) is 11.3. The Bertz CT molecular complexity index is 322. The van der Waals surface area contributed by atoms with Gasteiger partial charge < -0.3 is 5.32 Å². The Balaban J connectivity index is 2.35. The highest BCUT2D eigenvalue weighted by atomic mass is 19.4. The van der Waals surface area contributed by atoms with Crippen LogP contribution < -0.4 is 5.32 Å². The van der Waals surface area contributed by atoms with Crippen LogP contribution in [-0.2, 0) is 0 Å². The highest BCUT2D eigenvalue weighted by Gasteiger charge is 2.31. The van der Waals surface area contributed by atoms with Gasteiger partial charge in [-0.15, -0.1) is 0 Å². The second-order valence-corrected chi connectivity index (χ2v) is 8.42. The molecule has 0 radical (unpaired) electrons. The highest BCUT2D eigenvalue weighted by molar-refractivity contribution is 4.82.